The van der Waals surface area contributed by atoms with E-state index in [-0.39, 0.29) is 0 Å². The summed E-state index contributed by atoms with van der Waals surface area (Å²) in [6, 6.07) is 1.65. The molecule has 12 N–H and O–H groups in total. The zero-order valence-corrected chi connectivity index (χ0v) is 20.7. The van der Waals surface area contributed by atoms with Gasteiger partial charge in [0.15, 0.2) is 0 Å². The first-order valence-electron chi connectivity index (χ1n) is 11.2. The summed E-state index contributed by atoms with van der Waals surface area (Å²) in [5.41, 5.74) is 32.4. The van der Waals surface area contributed by atoms with Crippen LogP contribution in [0.4, 0.5) is 0 Å². The molecule has 0 radical (unpaired) electrons. The fourth-order valence-corrected chi connectivity index (χ4v) is 3.19. The Hall–Kier alpha value is -0.240. The first-order chi connectivity index (χ1) is 12.8. The van der Waals surface area contributed by atoms with Crippen LogP contribution in [0.5, 0.6) is 0 Å². The molecule has 5 unspecified atom stereocenters. The molecule has 0 heterocycles. The number of hydrogen-bond acceptors (Lipinski definition) is 6. The Balaban J connectivity index is -0.000000152. The minimum Gasteiger partial charge on any atom is -0.333 e. The maximum Gasteiger partial charge on any atom is 0.00130 e. The van der Waals surface area contributed by atoms with Crippen molar-refractivity contribution >= 4 is 0 Å². The monoisotopic (exact) mass is 406 g/mol. The van der Waals surface area contributed by atoms with Crippen LogP contribution in [0, 0.1) is 11.8 Å². The second kappa shape index (κ2) is 24.8. The van der Waals surface area contributed by atoms with Crippen LogP contribution >= 0.6 is 0 Å². The highest BCUT2D eigenvalue weighted by Crippen LogP contribution is 2.11. The van der Waals surface area contributed by atoms with Gasteiger partial charge in [-0.25, -0.2) is 0 Å². The van der Waals surface area contributed by atoms with Gasteiger partial charge in [-0.15, -0.1) is 0 Å². The molecular formula is C22H58N6. The molecule has 28 heavy (non-hydrogen) atoms. The van der Waals surface area contributed by atoms with Gasteiger partial charge in [0.2, 0.25) is 0 Å². The average Bonchev–Trinajstić information content (AvgIpc) is 2.46. The smallest absolute Gasteiger partial charge is 0.00130 e. The van der Waals surface area contributed by atoms with Crippen LogP contribution in [0.3, 0.4) is 0 Å². The predicted molar refractivity (Wildman–Crippen MR) is 130 cm³/mol. The van der Waals surface area contributed by atoms with E-state index < -0.39 is 0 Å². The van der Waals surface area contributed by atoms with Crippen molar-refractivity contribution in [3.63, 3.8) is 0 Å². The average molecular weight is 407 g/mol. The summed E-state index contributed by atoms with van der Waals surface area (Å²) in [5, 5.41) is 0. The van der Waals surface area contributed by atoms with Crippen molar-refractivity contribution in [1.82, 2.24) is 0 Å². The Labute approximate surface area is 177 Å². The number of nitrogens with two attached hydrogens (primary N) is 6. The van der Waals surface area contributed by atoms with Crippen molar-refractivity contribution in [3.8, 4) is 0 Å². The van der Waals surface area contributed by atoms with E-state index in [1.807, 2.05) is 34.6 Å². The largest absolute Gasteiger partial charge is 0.333 e. The lowest BCUT2D eigenvalue weighted by Crippen LogP contribution is -2.23. The van der Waals surface area contributed by atoms with Crippen LogP contribution < -0.4 is 34.4 Å². The second-order valence-corrected chi connectivity index (χ2v) is 8.83. The van der Waals surface area contributed by atoms with Gasteiger partial charge in [-0.2, -0.15) is 0 Å². The molecule has 0 spiro atoms. The first kappa shape index (κ1) is 35.2. The zero-order chi connectivity index (χ0) is 23.3. The van der Waals surface area contributed by atoms with Gasteiger partial charge >= 0.3 is 0 Å². The molecule has 0 aliphatic rings. The van der Waals surface area contributed by atoms with Crippen molar-refractivity contribution in [1.29, 1.82) is 0 Å². The van der Waals surface area contributed by atoms with E-state index in [2.05, 4.69) is 26.5 Å². The fourth-order valence-electron chi connectivity index (χ4n) is 3.19. The van der Waals surface area contributed by atoms with Crippen LogP contribution in [-0.4, -0.2) is 37.3 Å². The van der Waals surface area contributed by atoms with E-state index in [4.69, 9.17) is 28.7 Å². The van der Waals surface area contributed by atoms with Crippen molar-refractivity contribution in [2.75, 3.05) is 7.05 Å². The third-order valence-corrected chi connectivity index (χ3v) is 3.84. The molecule has 0 aliphatic heterocycles. The lowest BCUT2D eigenvalue weighted by Gasteiger charge is -2.15. The van der Waals surface area contributed by atoms with Gasteiger partial charge < -0.3 is 34.4 Å². The molecule has 0 aromatic heterocycles. The van der Waals surface area contributed by atoms with Gasteiger partial charge in [0, 0.05) is 30.2 Å². The van der Waals surface area contributed by atoms with Crippen LogP contribution in [-0.2, 0) is 0 Å². The van der Waals surface area contributed by atoms with Crippen LogP contribution in [0.15, 0.2) is 0 Å². The fraction of sp³-hybridized carbons (Fsp3) is 1.00. The molecule has 0 saturated carbocycles. The molecule has 0 amide bonds. The molecule has 0 rings (SSSR count). The highest BCUT2D eigenvalue weighted by atomic mass is 14.6. The highest BCUT2D eigenvalue weighted by molar-refractivity contribution is 4.65. The van der Waals surface area contributed by atoms with Gasteiger partial charge in [-0.05, 0) is 85.6 Å². The Morgan fingerprint density at radius 1 is 0.464 bits per heavy atom. The van der Waals surface area contributed by atoms with Crippen molar-refractivity contribution in [2.24, 2.45) is 46.2 Å². The number of hydrogen-bond donors (Lipinski definition) is 6. The molecule has 0 fully saturated rings. The summed E-state index contributed by atoms with van der Waals surface area (Å²) in [4.78, 5) is 0. The molecular weight excluding hydrogens is 348 g/mol. The Kier molecular flexibility index (Phi) is 31.2. The van der Waals surface area contributed by atoms with E-state index in [0.29, 0.717) is 42.0 Å². The van der Waals surface area contributed by atoms with Crippen molar-refractivity contribution < 1.29 is 0 Å². The summed E-state index contributed by atoms with van der Waals surface area (Å²) < 4.78 is 0. The number of rotatable bonds is 10. The molecule has 0 aromatic rings. The Bertz CT molecular complexity index is 226. The maximum absolute atomic E-state index is 5.63. The second-order valence-electron chi connectivity index (χ2n) is 8.83. The summed E-state index contributed by atoms with van der Waals surface area (Å²) in [7, 11) is 1.50. The molecule has 0 aliphatic carbocycles. The van der Waals surface area contributed by atoms with Gasteiger partial charge in [0.25, 0.3) is 0 Å². The topological polar surface area (TPSA) is 156 Å². The molecule has 6 nitrogen and oxygen atoms in total. The van der Waals surface area contributed by atoms with E-state index in [9.17, 15) is 0 Å². The van der Waals surface area contributed by atoms with Crippen molar-refractivity contribution in [3.05, 3.63) is 0 Å². The van der Waals surface area contributed by atoms with E-state index in [1.54, 1.807) is 0 Å². The van der Waals surface area contributed by atoms with Gasteiger partial charge in [0.1, 0.15) is 0 Å². The van der Waals surface area contributed by atoms with Gasteiger partial charge in [0.05, 0.1) is 0 Å². The third-order valence-electron chi connectivity index (χ3n) is 3.84. The third kappa shape index (κ3) is 44.9. The Morgan fingerprint density at radius 2 is 0.679 bits per heavy atom. The molecule has 0 bridgehead atoms. The lowest BCUT2D eigenvalue weighted by molar-refractivity contribution is 0.422. The Morgan fingerprint density at radius 3 is 0.750 bits per heavy atom. The highest BCUT2D eigenvalue weighted by Gasteiger charge is 2.07. The van der Waals surface area contributed by atoms with Crippen LogP contribution in [0.2, 0.25) is 0 Å². The van der Waals surface area contributed by atoms with E-state index in [0.717, 1.165) is 32.1 Å². The van der Waals surface area contributed by atoms with Crippen molar-refractivity contribution in [2.45, 2.75) is 124 Å². The molecule has 176 valence electrons. The zero-order valence-electron chi connectivity index (χ0n) is 20.7. The summed E-state index contributed by atoms with van der Waals surface area (Å²) in [6.07, 6.45) is 6.70. The predicted octanol–water partition coefficient (Wildman–Crippen LogP) is 2.90. The SMILES string of the molecule is CC(N)CC(C)CC(C)N.CC(N)CC(C)CC(C)N.CCCC(C)N.CN. The summed E-state index contributed by atoms with van der Waals surface area (Å²) in [5.74, 6) is 1.33. The molecule has 6 heteroatoms. The normalized spacial score (nSPS) is 17.7. The standard InChI is InChI=1S/2C8H20N2.C5H13N.CH5N/c2*1-6(4-7(2)9)5-8(3)10;1-3-4-5(2)6;1-2/h2*6-8H,4-5,9-10H2,1-3H3;5H,3-4,6H2,1-2H3;2H2,1H3. The minimum absolute atomic E-state index is 0.314. The van der Waals surface area contributed by atoms with Gasteiger partial charge in [-0.1, -0.05) is 27.2 Å². The van der Waals surface area contributed by atoms with E-state index in [1.165, 1.54) is 13.5 Å². The molecule has 0 aromatic carbocycles. The van der Waals surface area contributed by atoms with Gasteiger partial charge in [-0.3, -0.25) is 0 Å². The maximum atomic E-state index is 5.63. The summed E-state index contributed by atoms with van der Waals surface area (Å²) >= 11 is 0. The quantitative estimate of drug-likeness (QED) is 0.327. The van der Waals surface area contributed by atoms with Crippen LogP contribution in [0.25, 0.3) is 0 Å². The lowest BCUT2D eigenvalue weighted by atomic mass is 9.97. The first-order valence-corrected chi connectivity index (χ1v) is 11.2. The molecule has 0 saturated heterocycles. The summed E-state index contributed by atoms with van der Waals surface area (Å²) in [6.45, 7) is 16.7. The van der Waals surface area contributed by atoms with Crippen LogP contribution in [0.1, 0.15) is 93.9 Å². The minimum atomic E-state index is 0.314. The van der Waals surface area contributed by atoms with E-state index >= 15 is 0 Å². The molecule has 5 atom stereocenters.